The normalized spacial score (nSPS) is 16.0. The molecule has 3 aromatic heterocycles. The molecule has 176 valence electrons. The minimum Gasteiger partial charge on any atom is -0.492 e. The number of fused-ring (bicyclic) bond motifs is 1. The van der Waals surface area contributed by atoms with Crippen LogP contribution in [0, 0.1) is 16.0 Å². The molecule has 0 radical (unpaired) electrons. The first kappa shape index (κ1) is 22.0. The average molecular weight is 484 g/mol. The molecule has 34 heavy (non-hydrogen) atoms. The lowest BCUT2D eigenvalue weighted by Crippen LogP contribution is -2.39. The quantitative estimate of drug-likeness (QED) is 0.248. The third-order valence-corrected chi connectivity index (χ3v) is 7.11. The van der Waals surface area contributed by atoms with Gasteiger partial charge in [-0.15, -0.1) is 5.10 Å². The number of hydrogen-bond donors (Lipinski definition) is 1. The van der Waals surface area contributed by atoms with Crippen molar-refractivity contribution in [2.24, 2.45) is 5.92 Å². The van der Waals surface area contributed by atoms with E-state index in [-0.39, 0.29) is 29.5 Å². The van der Waals surface area contributed by atoms with Crippen molar-refractivity contribution in [2.75, 3.05) is 20.2 Å². The summed E-state index contributed by atoms with van der Waals surface area (Å²) in [4.78, 5) is 30.4. The summed E-state index contributed by atoms with van der Waals surface area (Å²) in [5.74, 6) is 0.408. The Morgan fingerprint density at radius 1 is 1.29 bits per heavy atom. The zero-order valence-corrected chi connectivity index (χ0v) is 19.0. The Morgan fingerprint density at radius 2 is 2.03 bits per heavy atom. The van der Waals surface area contributed by atoms with Gasteiger partial charge in [0.15, 0.2) is 5.76 Å². The Bertz CT molecular complexity index is 1320. The first-order chi connectivity index (χ1) is 16.5. The number of benzene rings is 1. The number of aromatic hydroxyl groups is 1. The summed E-state index contributed by atoms with van der Waals surface area (Å²) < 4.78 is 11.6. The molecular weight excluding hydrogens is 462 g/mol. The van der Waals surface area contributed by atoms with Crippen molar-refractivity contribution in [1.29, 1.82) is 0 Å². The molecule has 4 aromatic rings. The lowest BCUT2D eigenvalue weighted by Gasteiger charge is -2.36. The maximum atomic E-state index is 12.0. The first-order valence-electron chi connectivity index (χ1n) is 10.6. The summed E-state index contributed by atoms with van der Waals surface area (Å²) in [5, 5.41) is 26.6. The number of esters is 1. The third-order valence-electron chi connectivity index (χ3n) is 6.04. The topological polar surface area (TPSA) is 136 Å². The van der Waals surface area contributed by atoms with Gasteiger partial charge in [0.25, 0.3) is 5.69 Å². The monoisotopic (exact) mass is 483 g/mol. The highest BCUT2D eigenvalue weighted by Crippen LogP contribution is 2.42. The predicted molar refractivity (Wildman–Crippen MR) is 121 cm³/mol. The number of nitrogens with zero attached hydrogens (tertiary/aromatic N) is 5. The van der Waals surface area contributed by atoms with E-state index in [0.29, 0.717) is 47.4 Å². The molecule has 0 saturated carbocycles. The molecule has 1 aliphatic heterocycles. The predicted octanol–water partition coefficient (Wildman–Crippen LogP) is 3.64. The highest BCUT2D eigenvalue weighted by molar-refractivity contribution is 7.17. The standard InChI is InChI=1S/C22H21N5O6S/c1-32-21(29)14-8-10-25(11-9-14)17(13-4-6-15(7-5-13)27(30)31)18-20(28)26-22(34-18)23-19(24-26)16-3-2-12-33-16/h2-7,12,14,17,28H,8-11H2,1H3/t17-/m1/s1. The van der Waals surface area contributed by atoms with Gasteiger partial charge < -0.3 is 14.3 Å². The molecule has 12 heteroatoms. The van der Waals surface area contributed by atoms with Gasteiger partial charge in [0.2, 0.25) is 16.7 Å². The molecule has 1 aromatic carbocycles. The number of thiazole rings is 1. The average Bonchev–Trinajstić information content (AvgIpc) is 3.58. The molecule has 11 nitrogen and oxygen atoms in total. The van der Waals surface area contributed by atoms with E-state index >= 15 is 0 Å². The van der Waals surface area contributed by atoms with Crippen LogP contribution in [-0.4, -0.2) is 55.7 Å². The van der Waals surface area contributed by atoms with Crippen molar-refractivity contribution in [3.63, 3.8) is 0 Å². The van der Waals surface area contributed by atoms with Crippen molar-refractivity contribution in [3.8, 4) is 17.5 Å². The van der Waals surface area contributed by atoms with E-state index in [1.807, 2.05) is 0 Å². The summed E-state index contributed by atoms with van der Waals surface area (Å²) >= 11 is 1.29. The Balaban J connectivity index is 1.52. The van der Waals surface area contributed by atoms with E-state index in [9.17, 15) is 20.0 Å². The fourth-order valence-corrected chi connectivity index (χ4v) is 5.42. The number of rotatable bonds is 6. The van der Waals surface area contributed by atoms with Crippen molar-refractivity contribution in [1.82, 2.24) is 19.5 Å². The van der Waals surface area contributed by atoms with Gasteiger partial charge in [0, 0.05) is 12.1 Å². The van der Waals surface area contributed by atoms with Crippen LogP contribution in [0.2, 0.25) is 0 Å². The fourth-order valence-electron chi connectivity index (χ4n) is 4.30. The van der Waals surface area contributed by atoms with E-state index in [4.69, 9.17) is 9.15 Å². The van der Waals surface area contributed by atoms with Gasteiger partial charge in [0.05, 0.1) is 35.1 Å². The van der Waals surface area contributed by atoms with Gasteiger partial charge in [-0.1, -0.05) is 23.5 Å². The van der Waals surface area contributed by atoms with Gasteiger partial charge in [-0.05, 0) is 43.6 Å². The number of aromatic nitrogens is 3. The Hall–Kier alpha value is -3.77. The van der Waals surface area contributed by atoms with Gasteiger partial charge in [-0.25, -0.2) is 0 Å². The van der Waals surface area contributed by atoms with Gasteiger partial charge in [-0.2, -0.15) is 9.50 Å². The fraction of sp³-hybridized carbons (Fsp3) is 0.318. The maximum Gasteiger partial charge on any atom is 0.308 e. The molecule has 0 unspecified atom stereocenters. The van der Waals surface area contributed by atoms with Crippen LogP contribution >= 0.6 is 11.3 Å². The van der Waals surface area contributed by atoms with E-state index in [2.05, 4.69) is 15.0 Å². The number of non-ortho nitro benzene ring substituents is 1. The number of nitro groups is 1. The van der Waals surface area contributed by atoms with Crippen LogP contribution < -0.4 is 0 Å². The largest absolute Gasteiger partial charge is 0.492 e. The third kappa shape index (κ3) is 3.90. The lowest BCUT2D eigenvalue weighted by molar-refractivity contribution is -0.384. The summed E-state index contributed by atoms with van der Waals surface area (Å²) in [6.07, 6.45) is 2.75. The molecule has 1 N–H and O–H groups in total. The number of piperidine rings is 1. The van der Waals surface area contributed by atoms with Crippen molar-refractivity contribution < 1.29 is 24.0 Å². The minimum absolute atomic E-state index is 0.0122. The van der Waals surface area contributed by atoms with Crippen molar-refractivity contribution in [2.45, 2.75) is 18.9 Å². The number of carbonyl (C=O) groups is 1. The molecule has 5 rings (SSSR count). The van der Waals surface area contributed by atoms with Crippen LogP contribution in [-0.2, 0) is 9.53 Å². The van der Waals surface area contributed by atoms with Gasteiger partial charge in [0.1, 0.15) is 0 Å². The maximum absolute atomic E-state index is 12.0. The second kappa shape index (κ2) is 8.88. The molecule has 0 amide bonds. The van der Waals surface area contributed by atoms with Crippen molar-refractivity contribution in [3.05, 3.63) is 63.2 Å². The zero-order valence-electron chi connectivity index (χ0n) is 18.2. The SMILES string of the molecule is COC(=O)C1CCN([C@H](c2ccc([N+](=O)[O-])cc2)c2sc3nc(-c4ccco4)nn3c2O)CC1. The Morgan fingerprint density at radius 3 is 2.62 bits per heavy atom. The molecule has 1 aliphatic rings. The van der Waals surface area contributed by atoms with Crippen LogP contribution in [0.4, 0.5) is 5.69 Å². The number of furan rings is 1. The molecule has 1 fully saturated rings. The van der Waals surface area contributed by atoms with E-state index in [1.54, 1.807) is 24.3 Å². The van der Waals surface area contributed by atoms with Crippen LogP contribution in [0.25, 0.3) is 16.5 Å². The summed E-state index contributed by atoms with van der Waals surface area (Å²) in [6, 6.07) is 9.37. The number of carbonyl (C=O) groups excluding carboxylic acids is 1. The van der Waals surface area contributed by atoms with Gasteiger partial charge >= 0.3 is 5.97 Å². The van der Waals surface area contributed by atoms with Crippen LogP contribution in [0.3, 0.4) is 0 Å². The smallest absolute Gasteiger partial charge is 0.308 e. The molecule has 1 saturated heterocycles. The number of methoxy groups -OCH3 is 1. The zero-order chi connectivity index (χ0) is 23.8. The summed E-state index contributed by atoms with van der Waals surface area (Å²) in [5.41, 5.74) is 0.773. The van der Waals surface area contributed by atoms with E-state index < -0.39 is 4.92 Å². The molecular formula is C22H21N5O6S. The number of nitro benzene ring substituents is 1. The highest BCUT2D eigenvalue weighted by Gasteiger charge is 2.34. The molecule has 4 heterocycles. The number of hydrogen-bond acceptors (Lipinski definition) is 10. The molecule has 0 bridgehead atoms. The lowest BCUT2D eigenvalue weighted by atomic mass is 9.93. The molecule has 0 spiro atoms. The van der Waals surface area contributed by atoms with Crippen LogP contribution in [0.5, 0.6) is 5.88 Å². The molecule has 1 atom stereocenters. The summed E-state index contributed by atoms with van der Waals surface area (Å²) in [6.45, 7) is 1.18. The second-order valence-corrected chi connectivity index (χ2v) is 8.99. The van der Waals surface area contributed by atoms with Crippen molar-refractivity contribution >= 4 is 28.0 Å². The summed E-state index contributed by atoms with van der Waals surface area (Å²) in [7, 11) is 1.39. The van der Waals surface area contributed by atoms with Crippen LogP contribution in [0.1, 0.15) is 29.3 Å². The number of ether oxygens (including phenoxy) is 1. The molecule has 0 aliphatic carbocycles. The highest BCUT2D eigenvalue weighted by atomic mass is 32.1. The van der Waals surface area contributed by atoms with Gasteiger partial charge in [-0.3, -0.25) is 19.8 Å². The minimum atomic E-state index is -0.447. The van der Waals surface area contributed by atoms with E-state index in [1.165, 1.54) is 41.4 Å². The van der Waals surface area contributed by atoms with E-state index in [0.717, 1.165) is 5.56 Å². The Kier molecular flexibility index (Phi) is 5.75. The first-order valence-corrected chi connectivity index (χ1v) is 11.5. The Labute approximate surface area is 197 Å². The number of likely N-dealkylation sites (tertiary alicyclic amines) is 1. The second-order valence-electron chi connectivity index (χ2n) is 7.98. The van der Waals surface area contributed by atoms with Crippen LogP contribution in [0.15, 0.2) is 47.1 Å².